The van der Waals surface area contributed by atoms with Crippen molar-refractivity contribution in [3.05, 3.63) is 78.1 Å². The summed E-state index contributed by atoms with van der Waals surface area (Å²) >= 11 is 0. The quantitative estimate of drug-likeness (QED) is 0.351. The molecule has 1 heterocycles. The summed E-state index contributed by atoms with van der Waals surface area (Å²) in [5.41, 5.74) is 3.46. The van der Waals surface area contributed by atoms with Gasteiger partial charge in [0.15, 0.2) is 0 Å². The molecule has 0 saturated carbocycles. The summed E-state index contributed by atoms with van der Waals surface area (Å²) in [4.78, 5) is 34.8. The molecule has 1 aromatic heterocycles. The average molecular weight is 506 g/mol. The van der Waals surface area contributed by atoms with Crippen LogP contribution in [0.5, 0.6) is 0 Å². The van der Waals surface area contributed by atoms with Crippen molar-refractivity contribution in [2.24, 2.45) is 0 Å². The molecule has 0 unspecified atom stereocenters. The number of carbonyl (C=O) groups is 3. The molecule has 0 bridgehead atoms. The highest BCUT2D eigenvalue weighted by atomic mass is 16.5. The van der Waals surface area contributed by atoms with Gasteiger partial charge in [0.25, 0.3) is 0 Å². The van der Waals surface area contributed by atoms with Gasteiger partial charge in [0.1, 0.15) is 18.8 Å². The smallest absolute Gasteiger partial charge is 0.302 e. The normalized spacial score (nSPS) is 11.1. The third-order valence-electron chi connectivity index (χ3n) is 6.05. The van der Waals surface area contributed by atoms with Crippen molar-refractivity contribution in [1.29, 1.82) is 0 Å². The maximum Gasteiger partial charge on any atom is 0.302 e. The fourth-order valence-corrected chi connectivity index (χ4v) is 4.15. The molecular weight excluding hydrogens is 470 g/mol. The molecule has 0 fully saturated rings. The van der Waals surface area contributed by atoms with Crippen LogP contribution in [-0.2, 0) is 43.2 Å². The van der Waals surface area contributed by atoms with Gasteiger partial charge in [-0.25, -0.2) is 0 Å². The summed E-state index contributed by atoms with van der Waals surface area (Å²) in [6, 6.07) is 18.6. The first-order valence-corrected chi connectivity index (χ1v) is 12.5. The number of carbonyl (C=O) groups excluding carboxylic acids is 3. The minimum absolute atomic E-state index is 0.0866. The molecule has 3 aromatic rings. The van der Waals surface area contributed by atoms with E-state index in [9.17, 15) is 14.4 Å². The zero-order valence-corrected chi connectivity index (χ0v) is 21.7. The van der Waals surface area contributed by atoms with E-state index in [1.54, 1.807) is 0 Å². The molecule has 0 saturated heterocycles. The van der Waals surface area contributed by atoms with Crippen LogP contribution in [0.2, 0.25) is 0 Å². The molecule has 0 radical (unpaired) electrons. The molecule has 37 heavy (non-hydrogen) atoms. The summed E-state index contributed by atoms with van der Waals surface area (Å²) in [6.07, 6.45) is 6.96. The second-order valence-electron chi connectivity index (χ2n) is 9.30. The number of benzene rings is 2. The van der Waals surface area contributed by atoms with Crippen LogP contribution in [0.15, 0.2) is 67.0 Å². The monoisotopic (exact) mass is 505 g/mol. The summed E-state index contributed by atoms with van der Waals surface area (Å²) in [6.45, 7) is 4.66. The highest BCUT2D eigenvalue weighted by Gasteiger charge is 2.34. The van der Waals surface area contributed by atoms with Crippen molar-refractivity contribution < 1.29 is 23.9 Å². The van der Waals surface area contributed by atoms with E-state index in [4.69, 9.17) is 9.47 Å². The largest absolute Gasteiger partial charge is 0.463 e. The topological polar surface area (TPSA) is 99.5 Å². The van der Waals surface area contributed by atoms with Crippen LogP contribution in [0.4, 0.5) is 0 Å². The van der Waals surface area contributed by atoms with Gasteiger partial charge in [-0.3, -0.25) is 19.1 Å². The Hall–Kier alpha value is -3.94. The van der Waals surface area contributed by atoms with E-state index in [1.165, 1.54) is 26.3 Å². The Morgan fingerprint density at radius 3 is 2.05 bits per heavy atom. The Balaban J connectivity index is 1.61. The number of aromatic nitrogens is 2. The van der Waals surface area contributed by atoms with Gasteiger partial charge in [0.05, 0.1) is 6.20 Å². The van der Waals surface area contributed by atoms with Gasteiger partial charge in [-0.05, 0) is 42.4 Å². The van der Waals surface area contributed by atoms with Gasteiger partial charge < -0.3 is 14.8 Å². The molecule has 8 nitrogen and oxygen atoms in total. The van der Waals surface area contributed by atoms with Crippen molar-refractivity contribution in [2.75, 3.05) is 13.2 Å². The molecular formula is C29H35N3O5. The summed E-state index contributed by atoms with van der Waals surface area (Å²) in [7, 11) is 0. The first-order valence-electron chi connectivity index (χ1n) is 12.5. The number of nitrogens with one attached hydrogen (secondary N) is 1. The van der Waals surface area contributed by atoms with Gasteiger partial charge in [-0.2, -0.15) is 5.10 Å². The Bertz CT molecular complexity index is 1150. The average Bonchev–Trinajstić information content (AvgIpc) is 3.34. The number of aryl methyl sites for hydroxylation is 3. The number of esters is 2. The van der Waals surface area contributed by atoms with Gasteiger partial charge in [-0.1, -0.05) is 54.6 Å². The molecule has 196 valence electrons. The third-order valence-corrected chi connectivity index (χ3v) is 6.05. The SMILES string of the molecule is CC(=O)NC(CCc1ccc(-c2cnn(CCCc3ccccc3)c2)cc1)(COC(C)=O)COC(C)=O. The number of rotatable bonds is 13. The Morgan fingerprint density at radius 2 is 1.46 bits per heavy atom. The van der Waals surface area contributed by atoms with Crippen LogP contribution in [0.3, 0.4) is 0 Å². The summed E-state index contributed by atoms with van der Waals surface area (Å²) in [5, 5.41) is 7.34. The summed E-state index contributed by atoms with van der Waals surface area (Å²) in [5.74, 6) is -1.24. The molecule has 1 amide bonds. The van der Waals surface area contributed by atoms with Gasteiger partial charge in [0.2, 0.25) is 5.91 Å². The molecule has 0 aliphatic rings. The zero-order chi connectivity index (χ0) is 26.7. The molecule has 0 aliphatic heterocycles. The lowest BCUT2D eigenvalue weighted by Gasteiger charge is -2.33. The van der Waals surface area contributed by atoms with Crippen molar-refractivity contribution in [3.63, 3.8) is 0 Å². The van der Waals surface area contributed by atoms with Crippen LogP contribution in [0.1, 0.15) is 44.7 Å². The molecule has 0 atom stereocenters. The van der Waals surface area contributed by atoms with Crippen LogP contribution in [-0.4, -0.2) is 46.4 Å². The Labute approximate surface area is 218 Å². The number of hydrogen-bond donors (Lipinski definition) is 1. The van der Waals surface area contributed by atoms with E-state index in [-0.39, 0.29) is 19.1 Å². The van der Waals surface area contributed by atoms with E-state index in [1.807, 2.05) is 41.2 Å². The van der Waals surface area contributed by atoms with Gasteiger partial charge in [-0.15, -0.1) is 0 Å². The maximum absolute atomic E-state index is 11.9. The van der Waals surface area contributed by atoms with Crippen LogP contribution < -0.4 is 5.32 Å². The fourth-order valence-electron chi connectivity index (χ4n) is 4.15. The number of amides is 1. The van der Waals surface area contributed by atoms with Crippen LogP contribution in [0, 0.1) is 0 Å². The van der Waals surface area contributed by atoms with E-state index < -0.39 is 17.5 Å². The Morgan fingerprint density at radius 1 is 0.838 bits per heavy atom. The molecule has 8 heteroatoms. The van der Waals surface area contributed by atoms with Crippen molar-refractivity contribution in [1.82, 2.24) is 15.1 Å². The number of hydrogen-bond acceptors (Lipinski definition) is 6. The predicted octanol–water partition coefficient (Wildman–Crippen LogP) is 4.12. The number of nitrogens with zero attached hydrogens (tertiary/aromatic N) is 2. The van der Waals surface area contributed by atoms with E-state index >= 15 is 0 Å². The molecule has 1 N–H and O–H groups in total. The first kappa shape index (κ1) is 27.6. The minimum Gasteiger partial charge on any atom is -0.463 e. The van der Waals surface area contributed by atoms with Crippen molar-refractivity contribution in [3.8, 4) is 11.1 Å². The summed E-state index contributed by atoms with van der Waals surface area (Å²) < 4.78 is 12.4. The molecule has 3 rings (SSSR count). The number of ether oxygens (including phenoxy) is 2. The lowest BCUT2D eigenvalue weighted by atomic mass is 9.91. The Kier molecular flexibility index (Phi) is 10.0. The molecule has 0 aliphatic carbocycles. The first-order chi connectivity index (χ1) is 17.7. The van der Waals surface area contributed by atoms with E-state index in [0.29, 0.717) is 12.8 Å². The third kappa shape index (κ3) is 9.22. The molecule has 0 spiro atoms. The highest BCUT2D eigenvalue weighted by Crippen LogP contribution is 2.22. The second-order valence-corrected chi connectivity index (χ2v) is 9.30. The van der Waals surface area contributed by atoms with Crippen LogP contribution >= 0.6 is 0 Å². The zero-order valence-electron chi connectivity index (χ0n) is 21.7. The van der Waals surface area contributed by atoms with Crippen molar-refractivity contribution in [2.45, 2.75) is 58.5 Å². The molecule has 2 aromatic carbocycles. The van der Waals surface area contributed by atoms with E-state index in [2.05, 4.69) is 40.9 Å². The van der Waals surface area contributed by atoms with E-state index in [0.717, 1.165) is 36.1 Å². The van der Waals surface area contributed by atoms with Gasteiger partial charge >= 0.3 is 11.9 Å². The minimum atomic E-state index is -1.01. The van der Waals surface area contributed by atoms with Gasteiger partial charge in [0, 0.05) is 39.1 Å². The lowest BCUT2D eigenvalue weighted by molar-refractivity contribution is -0.150. The fraction of sp³-hybridized carbons (Fsp3) is 0.379. The highest BCUT2D eigenvalue weighted by molar-refractivity contribution is 5.74. The standard InChI is InChI=1S/C29H35N3O5/c1-22(33)31-29(20-36-23(2)34,21-37-24(3)35)16-15-26-11-13-27(14-12-26)28-18-30-32(19-28)17-7-10-25-8-5-4-6-9-25/h4-6,8-9,11-14,18-19H,7,10,15-17,20-21H2,1-3H3,(H,31,33). The van der Waals surface area contributed by atoms with Crippen molar-refractivity contribution >= 4 is 17.8 Å². The van der Waals surface area contributed by atoms with Crippen LogP contribution in [0.25, 0.3) is 11.1 Å². The second kappa shape index (κ2) is 13.4. The lowest BCUT2D eigenvalue weighted by Crippen LogP contribution is -2.55. The predicted molar refractivity (Wildman–Crippen MR) is 141 cm³/mol. The maximum atomic E-state index is 11.9.